The van der Waals surface area contributed by atoms with Gasteiger partial charge in [-0.25, -0.2) is 13.6 Å². The van der Waals surface area contributed by atoms with Crippen molar-refractivity contribution in [3.63, 3.8) is 0 Å². The zero-order chi connectivity index (χ0) is 28.2. The lowest BCUT2D eigenvalue weighted by atomic mass is 10.2. The summed E-state index contributed by atoms with van der Waals surface area (Å²) in [5.41, 5.74) is 11.5. The Kier molecular flexibility index (Phi) is 7.38. The van der Waals surface area contributed by atoms with E-state index in [0.717, 1.165) is 10.6 Å². The molecule has 6 N–H and O–H groups in total. The predicted molar refractivity (Wildman–Crippen MR) is 155 cm³/mol. The number of primary sulfonamides is 1. The number of guanidine groups is 1. The first-order valence-corrected chi connectivity index (χ1v) is 14.2. The average Bonchev–Trinajstić information content (AvgIpc) is 3.56. The molecule has 0 saturated heterocycles. The fourth-order valence-electron chi connectivity index (χ4n) is 3.62. The van der Waals surface area contributed by atoms with Gasteiger partial charge in [-0.3, -0.25) is 16.0 Å². The number of carbonyl (C=O) groups is 1. The van der Waals surface area contributed by atoms with Crippen molar-refractivity contribution in [2.24, 2.45) is 15.9 Å². The van der Waals surface area contributed by atoms with Crippen molar-refractivity contribution in [2.45, 2.75) is 10.7 Å². The predicted octanol–water partition coefficient (Wildman–Crippen LogP) is 2.89. The van der Waals surface area contributed by atoms with Crippen LogP contribution in [0.25, 0.3) is 0 Å². The summed E-state index contributed by atoms with van der Waals surface area (Å²) in [7, 11) is -3.84. The highest BCUT2D eigenvalue weighted by atomic mass is 32.2. The third-order valence-corrected chi connectivity index (χ3v) is 7.49. The van der Waals surface area contributed by atoms with Crippen LogP contribution in [0.2, 0.25) is 0 Å². The van der Waals surface area contributed by atoms with Gasteiger partial charge >= 0.3 is 0 Å². The number of anilines is 1. The van der Waals surface area contributed by atoms with Crippen molar-refractivity contribution in [1.29, 1.82) is 0 Å². The summed E-state index contributed by atoms with van der Waals surface area (Å²) >= 11 is 1.22. The first-order valence-electron chi connectivity index (χ1n) is 11.8. The summed E-state index contributed by atoms with van der Waals surface area (Å²) in [6, 6.07) is 27.9. The zero-order valence-electron chi connectivity index (χ0n) is 20.8. The van der Waals surface area contributed by atoms with Gasteiger partial charge in [0.25, 0.3) is 11.7 Å². The smallest absolute Gasteiger partial charge is 0.286 e. The number of benzene rings is 3. The number of nitrogens with one attached hydrogen (secondary N) is 2. The number of hydrazine groups is 1. The first kappa shape index (κ1) is 26.7. The highest BCUT2D eigenvalue weighted by molar-refractivity contribution is 7.89. The van der Waals surface area contributed by atoms with E-state index in [1.54, 1.807) is 12.1 Å². The molecule has 1 aliphatic rings. The van der Waals surface area contributed by atoms with E-state index >= 15 is 0 Å². The maximum atomic E-state index is 13.6. The number of sulfonamides is 1. The summed E-state index contributed by atoms with van der Waals surface area (Å²) in [6.45, 7) is 0. The summed E-state index contributed by atoms with van der Waals surface area (Å²) < 4.78 is 23.1. The van der Waals surface area contributed by atoms with E-state index in [9.17, 15) is 13.2 Å². The number of amides is 1. The minimum Gasteiger partial charge on any atom is -0.325 e. The Hall–Kier alpha value is -4.91. The van der Waals surface area contributed by atoms with Gasteiger partial charge in [0.2, 0.25) is 16.0 Å². The van der Waals surface area contributed by atoms with Gasteiger partial charge in [0.1, 0.15) is 0 Å². The molecule has 0 aliphatic carbocycles. The van der Waals surface area contributed by atoms with Gasteiger partial charge in [0, 0.05) is 16.8 Å². The third kappa shape index (κ3) is 6.21. The molecule has 11 heteroatoms. The molecule has 0 fully saturated rings. The van der Waals surface area contributed by atoms with Crippen molar-refractivity contribution in [2.75, 3.05) is 5.32 Å². The minimum atomic E-state index is -3.84. The molecule has 3 aromatic carbocycles. The number of carbonyl (C=O) groups excluding carboxylic acids is 1. The van der Waals surface area contributed by atoms with E-state index in [4.69, 9.17) is 10.9 Å². The molecule has 40 heavy (non-hydrogen) atoms. The van der Waals surface area contributed by atoms with E-state index in [-0.39, 0.29) is 10.9 Å². The van der Waals surface area contributed by atoms with Gasteiger partial charge in [-0.2, -0.15) is 10.0 Å². The molecule has 1 unspecified atom stereocenters. The van der Waals surface area contributed by atoms with Gasteiger partial charge in [-0.1, -0.05) is 54.2 Å². The van der Waals surface area contributed by atoms with Crippen molar-refractivity contribution in [3.8, 4) is 23.7 Å². The summed E-state index contributed by atoms with van der Waals surface area (Å²) in [6.07, 6.45) is 0. The molecular weight excluding hydrogens is 544 g/mol. The molecule has 198 valence electrons. The Morgan fingerprint density at radius 3 is 2.12 bits per heavy atom. The third-order valence-electron chi connectivity index (χ3n) is 5.57. The van der Waals surface area contributed by atoms with Crippen LogP contribution in [0.5, 0.6) is 0 Å². The maximum absolute atomic E-state index is 13.6. The monoisotopic (exact) mass is 566 g/mol. The van der Waals surface area contributed by atoms with Gasteiger partial charge in [-0.15, -0.1) is 11.3 Å². The first-order chi connectivity index (χ1) is 19.2. The second-order valence-corrected chi connectivity index (χ2v) is 11.2. The Morgan fingerprint density at radius 1 is 0.875 bits per heavy atom. The molecule has 1 atom stereocenters. The number of hydrogen-bond donors (Lipinski definition) is 4. The number of aliphatic imine (C=N–C) groups is 1. The van der Waals surface area contributed by atoms with Crippen LogP contribution in [-0.2, 0) is 10.0 Å². The summed E-state index contributed by atoms with van der Waals surface area (Å²) in [5, 5.41) is 9.32. The molecule has 0 saturated carbocycles. The van der Waals surface area contributed by atoms with E-state index in [0.29, 0.717) is 21.0 Å². The lowest BCUT2D eigenvalue weighted by Gasteiger charge is -2.26. The van der Waals surface area contributed by atoms with Crippen LogP contribution in [0.1, 0.15) is 25.7 Å². The molecule has 0 bridgehead atoms. The minimum absolute atomic E-state index is 0.0399. The molecule has 1 amide bonds. The van der Waals surface area contributed by atoms with E-state index in [1.807, 2.05) is 60.7 Å². The SMILES string of the molecule is NC1(C#Cc2ccccc2)N=C(Nc2ccc(S(N)(=O)=O)cc2)NN1C(=O)c1ccc(C#Cc2ccccc2)s1. The van der Waals surface area contributed by atoms with Crippen molar-refractivity contribution >= 4 is 38.9 Å². The number of nitrogens with two attached hydrogens (primary N) is 2. The molecular formula is C29H22N6O3S2. The second kappa shape index (κ2) is 11.1. The lowest BCUT2D eigenvalue weighted by Crippen LogP contribution is -2.58. The van der Waals surface area contributed by atoms with Gasteiger partial charge < -0.3 is 5.32 Å². The Bertz CT molecular complexity index is 1810. The molecule has 5 rings (SSSR count). The van der Waals surface area contributed by atoms with E-state index < -0.39 is 21.7 Å². The van der Waals surface area contributed by atoms with Crippen molar-refractivity contribution < 1.29 is 13.2 Å². The van der Waals surface area contributed by atoms with Crippen LogP contribution in [0.4, 0.5) is 5.69 Å². The lowest BCUT2D eigenvalue weighted by molar-refractivity contribution is 0.0585. The van der Waals surface area contributed by atoms with Crippen molar-refractivity contribution in [3.05, 3.63) is 118 Å². The molecule has 2 heterocycles. The maximum Gasteiger partial charge on any atom is 0.286 e. The number of nitrogens with zero attached hydrogens (tertiary/aromatic N) is 2. The second-order valence-electron chi connectivity index (χ2n) is 8.53. The standard InChI is InChI=1S/C29H22N6O3S2/c30-29(20-19-22-9-5-2-6-10-22)33-28(32-23-12-16-25(17-13-23)40(31,37)38)34-35(29)27(36)26-18-15-24(39-26)14-11-21-7-3-1-4-8-21/h1-10,12-13,15-18H,30H2,(H2,31,37,38)(H2,32,33,34). The number of rotatable bonds is 3. The Balaban J connectivity index is 1.42. The van der Waals surface area contributed by atoms with Crippen LogP contribution >= 0.6 is 11.3 Å². The average molecular weight is 567 g/mol. The van der Waals surface area contributed by atoms with Gasteiger partial charge in [0.05, 0.1) is 14.6 Å². The fourth-order valence-corrected chi connectivity index (χ4v) is 4.92. The van der Waals surface area contributed by atoms with Crippen LogP contribution in [0.15, 0.2) is 107 Å². The van der Waals surface area contributed by atoms with E-state index in [2.05, 4.69) is 39.4 Å². The molecule has 1 aromatic heterocycles. The zero-order valence-corrected chi connectivity index (χ0v) is 22.5. The number of hydrogen-bond acceptors (Lipinski definition) is 8. The molecule has 1 aliphatic heterocycles. The molecule has 4 aromatic rings. The summed E-state index contributed by atoms with van der Waals surface area (Å²) in [4.78, 5) is 19.1. The van der Waals surface area contributed by atoms with Crippen LogP contribution in [0.3, 0.4) is 0 Å². The van der Waals surface area contributed by atoms with Crippen LogP contribution in [-0.4, -0.2) is 31.1 Å². The Labute approximate surface area is 235 Å². The topological polar surface area (TPSA) is 143 Å². The highest BCUT2D eigenvalue weighted by Gasteiger charge is 2.42. The molecule has 0 spiro atoms. The normalized spacial score (nSPS) is 16.1. The summed E-state index contributed by atoms with van der Waals surface area (Å²) in [5.74, 6) is 9.96. The highest BCUT2D eigenvalue weighted by Crippen LogP contribution is 2.24. The van der Waals surface area contributed by atoms with Crippen LogP contribution < -0.4 is 21.6 Å². The quantitative estimate of drug-likeness (QED) is 0.281. The largest absolute Gasteiger partial charge is 0.325 e. The van der Waals surface area contributed by atoms with Crippen LogP contribution in [0, 0.1) is 23.7 Å². The molecule has 9 nitrogen and oxygen atoms in total. The number of thiophene rings is 1. The Morgan fingerprint density at radius 2 is 1.50 bits per heavy atom. The van der Waals surface area contributed by atoms with Gasteiger partial charge in [-0.05, 0) is 66.6 Å². The van der Waals surface area contributed by atoms with Crippen molar-refractivity contribution in [1.82, 2.24) is 10.4 Å². The fraction of sp³-hybridized carbons (Fsp3) is 0.0345. The van der Waals surface area contributed by atoms with E-state index in [1.165, 1.54) is 35.6 Å². The molecule has 0 radical (unpaired) electrons. The van der Waals surface area contributed by atoms with Gasteiger partial charge in [0.15, 0.2) is 0 Å².